The van der Waals surface area contributed by atoms with Crippen molar-refractivity contribution in [2.24, 2.45) is 5.73 Å². The number of nitrogens with two attached hydrogens (primary N) is 1. The monoisotopic (exact) mass is 219 g/mol. The maximum absolute atomic E-state index is 5.58. The van der Waals surface area contributed by atoms with E-state index in [1.54, 1.807) is 11.8 Å². The zero-order valence-corrected chi connectivity index (χ0v) is 9.97. The minimum absolute atomic E-state index is 0.0301. The van der Waals surface area contributed by atoms with Crippen LogP contribution in [0.3, 0.4) is 0 Å². The molecular formula is C8H17N3S2. The molecule has 0 amide bonds. The van der Waals surface area contributed by atoms with E-state index < -0.39 is 0 Å². The Hall–Kier alpha value is 0.160. The number of nitrogens with zero attached hydrogens (tertiary/aromatic N) is 1. The molecule has 1 aliphatic heterocycles. The lowest BCUT2D eigenvalue weighted by molar-refractivity contribution is 0.383. The van der Waals surface area contributed by atoms with Crippen LogP contribution >= 0.6 is 23.5 Å². The quantitative estimate of drug-likeness (QED) is 0.692. The van der Waals surface area contributed by atoms with Gasteiger partial charge in [-0.15, -0.1) is 11.8 Å². The first kappa shape index (κ1) is 11.2. The molecule has 1 atom stereocenters. The summed E-state index contributed by atoms with van der Waals surface area (Å²) in [6, 6.07) is 0. The standard InChI is InChI=1S/C8H17N3S2/c1-7-4-12-8(10-7,13-6-9)5-11(2)3/h4,10H,5-6,9H2,1-3H3/t8-/m1/s1. The van der Waals surface area contributed by atoms with Gasteiger partial charge in [0, 0.05) is 18.1 Å². The molecule has 0 saturated heterocycles. The molecule has 3 nitrogen and oxygen atoms in total. The van der Waals surface area contributed by atoms with Crippen molar-refractivity contribution in [1.82, 2.24) is 10.2 Å². The molecule has 0 saturated carbocycles. The predicted octanol–water partition coefficient (Wildman–Crippen LogP) is 1.05. The van der Waals surface area contributed by atoms with Crippen LogP contribution in [0, 0.1) is 0 Å². The van der Waals surface area contributed by atoms with Gasteiger partial charge < -0.3 is 16.0 Å². The smallest absolute Gasteiger partial charge is 0.148 e. The fraction of sp³-hybridized carbons (Fsp3) is 0.750. The van der Waals surface area contributed by atoms with E-state index in [0.717, 1.165) is 6.54 Å². The number of nitrogens with one attached hydrogen (secondary N) is 1. The molecule has 0 unspecified atom stereocenters. The predicted molar refractivity (Wildman–Crippen MR) is 62.4 cm³/mol. The second kappa shape index (κ2) is 4.59. The van der Waals surface area contributed by atoms with Crippen LogP contribution in [0.5, 0.6) is 0 Å². The molecule has 0 aromatic rings. The number of allylic oxidation sites excluding steroid dienone is 1. The lowest BCUT2D eigenvalue weighted by atomic mass is 10.5. The molecule has 0 aliphatic carbocycles. The van der Waals surface area contributed by atoms with Crippen LogP contribution in [-0.4, -0.2) is 35.6 Å². The van der Waals surface area contributed by atoms with Crippen LogP contribution in [0.15, 0.2) is 11.1 Å². The van der Waals surface area contributed by atoms with Gasteiger partial charge in [-0.05, 0) is 26.4 Å². The topological polar surface area (TPSA) is 41.3 Å². The SMILES string of the molecule is CC1=CS[C@](CN(C)C)(SCN)N1. The molecule has 3 N–H and O–H groups in total. The van der Waals surface area contributed by atoms with Crippen molar-refractivity contribution in [1.29, 1.82) is 0 Å². The summed E-state index contributed by atoms with van der Waals surface area (Å²) >= 11 is 3.57. The molecule has 1 heterocycles. The van der Waals surface area contributed by atoms with Crippen LogP contribution in [0.25, 0.3) is 0 Å². The highest BCUT2D eigenvalue weighted by atomic mass is 32.2. The van der Waals surface area contributed by atoms with Gasteiger partial charge in [-0.3, -0.25) is 0 Å². The fourth-order valence-electron chi connectivity index (χ4n) is 1.29. The van der Waals surface area contributed by atoms with E-state index in [0.29, 0.717) is 5.88 Å². The van der Waals surface area contributed by atoms with E-state index >= 15 is 0 Å². The van der Waals surface area contributed by atoms with Crippen molar-refractivity contribution in [2.75, 3.05) is 26.5 Å². The average molecular weight is 219 g/mol. The maximum atomic E-state index is 5.58. The third kappa shape index (κ3) is 3.09. The van der Waals surface area contributed by atoms with Gasteiger partial charge in [-0.25, -0.2) is 0 Å². The first-order valence-corrected chi connectivity index (χ1v) is 6.06. The second-order valence-corrected chi connectivity index (χ2v) is 6.09. The average Bonchev–Trinajstić information content (AvgIpc) is 2.31. The molecular weight excluding hydrogens is 202 g/mol. The van der Waals surface area contributed by atoms with Gasteiger partial charge in [0.15, 0.2) is 0 Å². The van der Waals surface area contributed by atoms with E-state index in [9.17, 15) is 0 Å². The molecule has 13 heavy (non-hydrogen) atoms. The number of hydrogen-bond donors (Lipinski definition) is 2. The first-order valence-electron chi connectivity index (χ1n) is 4.19. The third-order valence-electron chi connectivity index (χ3n) is 1.65. The molecule has 0 aromatic heterocycles. The van der Waals surface area contributed by atoms with Crippen LogP contribution in [0.4, 0.5) is 0 Å². The molecule has 0 radical (unpaired) electrons. The Kier molecular flexibility index (Phi) is 3.97. The summed E-state index contributed by atoms with van der Waals surface area (Å²) < 4.78 is 0.0301. The number of thioether (sulfide) groups is 2. The van der Waals surface area contributed by atoms with Crippen molar-refractivity contribution in [3.8, 4) is 0 Å². The summed E-state index contributed by atoms with van der Waals surface area (Å²) in [4.78, 5) is 2.18. The summed E-state index contributed by atoms with van der Waals surface area (Å²) in [6.07, 6.45) is 0. The van der Waals surface area contributed by atoms with Gasteiger partial charge in [0.05, 0.1) is 0 Å². The molecule has 0 fully saturated rings. The highest BCUT2D eigenvalue weighted by Crippen LogP contribution is 2.40. The van der Waals surface area contributed by atoms with E-state index in [4.69, 9.17) is 5.73 Å². The Balaban J connectivity index is 2.56. The van der Waals surface area contributed by atoms with E-state index in [-0.39, 0.29) is 4.20 Å². The van der Waals surface area contributed by atoms with Crippen LogP contribution in [0.1, 0.15) is 6.92 Å². The molecule has 0 bridgehead atoms. The lowest BCUT2D eigenvalue weighted by Gasteiger charge is -2.31. The van der Waals surface area contributed by atoms with Gasteiger partial charge in [0.1, 0.15) is 4.20 Å². The minimum Gasteiger partial charge on any atom is -0.364 e. The number of rotatable bonds is 4. The van der Waals surface area contributed by atoms with Gasteiger partial charge in [-0.1, -0.05) is 11.8 Å². The van der Waals surface area contributed by atoms with Crippen molar-refractivity contribution < 1.29 is 0 Å². The van der Waals surface area contributed by atoms with E-state index in [1.807, 2.05) is 11.8 Å². The summed E-state index contributed by atoms with van der Waals surface area (Å²) in [6.45, 7) is 3.06. The number of likely N-dealkylation sites (N-methyl/N-ethyl adjacent to an activating group) is 1. The highest BCUT2D eigenvalue weighted by Gasteiger charge is 2.34. The zero-order chi connectivity index (χ0) is 9.90. The van der Waals surface area contributed by atoms with Gasteiger partial charge in [-0.2, -0.15) is 0 Å². The minimum atomic E-state index is 0.0301. The molecule has 0 spiro atoms. The van der Waals surface area contributed by atoms with Gasteiger partial charge in [0.2, 0.25) is 0 Å². The normalized spacial score (nSPS) is 27.6. The summed E-state index contributed by atoms with van der Waals surface area (Å²) in [7, 11) is 4.16. The van der Waals surface area contributed by atoms with Gasteiger partial charge in [0.25, 0.3) is 0 Å². The maximum Gasteiger partial charge on any atom is 0.148 e. The Morgan fingerprint density at radius 3 is 2.77 bits per heavy atom. The molecule has 1 rings (SSSR count). The molecule has 0 aromatic carbocycles. The molecule has 76 valence electrons. The Labute approximate surface area is 88.5 Å². The summed E-state index contributed by atoms with van der Waals surface area (Å²) in [5.41, 5.74) is 6.81. The number of hydrogen-bond acceptors (Lipinski definition) is 5. The highest BCUT2D eigenvalue weighted by molar-refractivity contribution is 8.19. The van der Waals surface area contributed by atoms with Crippen molar-refractivity contribution in [3.63, 3.8) is 0 Å². The summed E-state index contributed by atoms with van der Waals surface area (Å²) in [5.74, 6) is 0.648. The molecule has 1 aliphatic rings. The third-order valence-corrected chi connectivity index (χ3v) is 4.24. The molecule has 5 heteroatoms. The fourth-order valence-corrected chi connectivity index (χ4v) is 3.74. The van der Waals surface area contributed by atoms with E-state index in [2.05, 4.69) is 36.6 Å². The van der Waals surface area contributed by atoms with Crippen molar-refractivity contribution in [3.05, 3.63) is 11.1 Å². The van der Waals surface area contributed by atoms with E-state index in [1.165, 1.54) is 5.70 Å². The van der Waals surface area contributed by atoms with Crippen LogP contribution in [-0.2, 0) is 0 Å². The second-order valence-electron chi connectivity index (χ2n) is 3.35. The first-order chi connectivity index (χ1) is 6.08. The van der Waals surface area contributed by atoms with Gasteiger partial charge >= 0.3 is 0 Å². The van der Waals surface area contributed by atoms with Crippen LogP contribution in [0.2, 0.25) is 0 Å². The lowest BCUT2D eigenvalue weighted by Crippen LogP contribution is -2.43. The van der Waals surface area contributed by atoms with Crippen LogP contribution < -0.4 is 11.1 Å². The zero-order valence-electron chi connectivity index (χ0n) is 8.33. The van der Waals surface area contributed by atoms with Crippen molar-refractivity contribution in [2.45, 2.75) is 11.1 Å². The summed E-state index contributed by atoms with van der Waals surface area (Å²) in [5, 5.41) is 5.62. The van der Waals surface area contributed by atoms with Crippen molar-refractivity contribution >= 4 is 23.5 Å². The Morgan fingerprint density at radius 1 is 1.69 bits per heavy atom. The Bertz CT molecular complexity index is 206. The largest absolute Gasteiger partial charge is 0.364 e. The Morgan fingerprint density at radius 2 is 2.38 bits per heavy atom.